The lowest BCUT2D eigenvalue weighted by Crippen LogP contribution is -2.58. The molecule has 0 heterocycles. The molecule has 0 aliphatic heterocycles. The van der Waals surface area contributed by atoms with Crippen molar-refractivity contribution in [1.82, 2.24) is 0 Å². The van der Waals surface area contributed by atoms with Crippen molar-refractivity contribution in [3.8, 4) is 17.6 Å². The van der Waals surface area contributed by atoms with Crippen molar-refractivity contribution in [1.29, 1.82) is 0 Å². The third-order valence-corrected chi connectivity index (χ3v) is 8.08. The lowest BCUT2D eigenvalue weighted by molar-refractivity contribution is -0.147. The number of hydrogen-bond acceptors (Lipinski definition) is 9. The van der Waals surface area contributed by atoms with Gasteiger partial charge < -0.3 is 26.2 Å². The maximum Gasteiger partial charge on any atom is 0.255 e. The van der Waals surface area contributed by atoms with E-state index in [1.165, 1.54) is 6.07 Å². The summed E-state index contributed by atoms with van der Waals surface area (Å²) < 4.78 is 25.2. The molecule has 7 N–H and O–H groups in total. The van der Waals surface area contributed by atoms with Crippen LogP contribution in [0.15, 0.2) is 53.3 Å². The Hall–Kier alpha value is -4.60. The number of primary amides is 1. The number of hydrogen-bond donors (Lipinski definition) is 6. The highest BCUT2D eigenvalue weighted by molar-refractivity contribution is 7.92. The van der Waals surface area contributed by atoms with Crippen LogP contribution in [-0.4, -0.2) is 58.2 Å². The second-order valence-electron chi connectivity index (χ2n) is 10.1. The average molecular weight is 565 g/mol. The highest BCUT2D eigenvalue weighted by Crippen LogP contribution is 2.52. The fraction of sp³-hybridized carbons (Fsp3) is 0.250. The van der Waals surface area contributed by atoms with E-state index in [4.69, 9.17) is 5.73 Å². The van der Waals surface area contributed by atoms with Crippen LogP contribution in [0.2, 0.25) is 0 Å². The quantitative estimate of drug-likeness (QED) is 0.234. The number of Topliss-reactive ketones (excluding diaryl/α,β-unsaturated/α-hetero) is 2. The first kappa shape index (κ1) is 27.0. The number of nitrogens with one attached hydrogen (secondary N) is 1. The Bertz CT molecular complexity index is 1740. The first-order valence-electron chi connectivity index (χ1n) is 12.1. The highest BCUT2D eigenvalue weighted by Gasteiger charge is 2.60. The molecular formula is C28H24N2O9S. The molecule has 12 heteroatoms. The number of phenolic OH excluding ortho intramolecular Hbond substituents is 1. The molecule has 3 unspecified atom stereocenters. The molecule has 0 radical (unpaired) electrons. The van der Waals surface area contributed by atoms with Crippen molar-refractivity contribution in [2.75, 3.05) is 11.0 Å². The fourth-order valence-electron chi connectivity index (χ4n) is 5.71. The van der Waals surface area contributed by atoms with Crippen LogP contribution in [0.25, 0.3) is 5.76 Å². The van der Waals surface area contributed by atoms with Gasteiger partial charge in [0, 0.05) is 34.7 Å². The molecule has 2 aromatic carbocycles. The van der Waals surface area contributed by atoms with Crippen LogP contribution in [0.4, 0.5) is 5.69 Å². The molecular weight excluding hydrogens is 540 g/mol. The SMILES string of the molecule is CS(=O)(=O)Nc1ccc(C#Cc2ccc(O)c3c2CC2CC4CC(=O)C(C(N)=O)=C(O)C4(O)C(=O)C2=C3O)cc1. The van der Waals surface area contributed by atoms with Gasteiger partial charge in [-0.1, -0.05) is 11.8 Å². The van der Waals surface area contributed by atoms with Crippen LogP contribution in [0.5, 0.6) is 5.75 Å². The molecule has 0 bridgehead atoms. The van der Waals surface area contributed by atoms with Crippen LogP contribution >= 0.6 is 0 Å². The summed E-state index contributed by atoms with van der Waals surface area (Å²) in [5.41, 5.74) is 3.27. The summed E-state index contributed by atoms with van der Waals surface area (Å²) in [6.07, 6.45) is 0.775. The zero-order chi connectivity index (χ0) is 29.1. The summed E-state index contributed by atoms with van der Waals surface area (Å²) in [6, 6.07) is 9.18. The largest absolute Gasteiger partial charge is 0.508 e. The smallest absolute Gasteiger partial charge is 0.255 e. The summed E-state index contributed by atoms with van der Waals surface area (Å²) in [5, 5.41) is 43.7. The first-order valence-corrected chi connectivity index (χ1v) is 14.0. The molecule has 5 rings (SSSR count). The minimum atomic E-state index is -3.44. The number of rotatable bonds is 3. The Labute approximate surface area is 228 Å². The Kier molecular flexibility index (Phi) is 6.24. The topological polar surface area (TPSA) is 204 Å². The summed E-state index contributed by atoms with van der Waals surface area (Å²) in [6.45, 7) is 0. The summed E-state index contributed by atoms with van der Waals surface area (Å²) in [4.78, 5) is 37.8. The lowest BCUT2D eigenvalue weighted by Gasteiger charge is -2.46. The van der Waals surface area contributed by atoms with Gasteiger partial charge in [0.2, 0.25) is 15.8 Å². The summed E-state index contributed by atoms with van der Waals surface area (Å²) in [5.74, 6) is -0.994. The monoisotopic (exact) mass is 564 g/mol. The maximum atomic E-state index is 13.6. The molecule has 0 aromatic heterocycles. The number of nitrogens with two attached hydrogens (primary N) is 1. The number of amides is 1. The van der Waals surface area contributed by atoms with Crippen LogP contribution in [0.3, 0.4) is 0 Å². The zero-order valence-corrected chi connectivity index (χ0v) is 21.9. The minimum absolute atomic E-state index is 0.0141. The van der Waals surface area contributed by atoms with E-state index < -0.39 is 68.4 Å². The number of benzene rings is 2. The molecule has 3 aliphatic carbocycles. The molecule has 1 amide bonds. The van der Waals surface area contributed by atoms with E-state index in [0.717, 1.165) is 6.26 Å². The van der Waals surface area contributed by atoms with Crippen molar-refractivity contribution in [2.45, 2.75) is 24.9 Å². The Morgan fingerprint density at radius 1 is 1.05 bits per heavy atom. The Morgan fingerprint density at radius 2 is 1.73 bits per heavy atom. The number of sulfonamides is 1. The van der Waals surface area contributed by atoms with Gasteiger partial charge in [0.05, 0.1) is 11.8 Å². The molecule has 1 saturated carbocycles. The molecule has 3 atom stereocenters. The predicted molar refractivity (Wildman–Crippen MR) is 142 cm³/mol. The number of aliphatic hydroxyl groups excluding tert-OH is 2. The maximum absolute atomic E-state index is 13.6. The van der Waals surface area contributed by atoms with E-state index in [1.807, 2.05) is 0 Å². The number of aliphatic hydroxyl groups is 3. The molecule has 40 heavy (non-hydrogen) atoms. The van der Waals surface area contributed by atoms with Crippen LogP contribution in [-0.2, 0) is 30.8 Å². The number of ketones is 2. The fourth-order valence-corrected chi connectivity index (χ4v) is 6.28. The van der Waals surface area contributed by atoms with Crippen LogP contribution < -0.4 is 10.5 Å². The van der Waals surface area contributed by atoms with Crippen LogP contribution in [0.1, 0.15) is 35.1 Å². The lowest BCUT2D eigenvalue weighted by atomic mass is 9.59. The van der Waals surface area contributed by atoms with E-state index >= 15 is 0 Å². The molecule has 0 spiro atoms. The van der Waals surface area contributed by atoms with Gasteiger partial charge in [-0.25, -0.2) is 8.42 Å². The van der Waals surface area contributed by atoms with Crippen molar-refractivity contribution >= 4 is 38.9 Å². The van der Waals surface area contributed by atoms with Gasteiger partial charge in [0.25, 0.3) is 5.91 Å². The first-order chi connectivity index (χ1) is 18.7. The highest BCUT2D eigenvalue weighted by atomic mass is 32.2. The van der Waals surface area contributed by atoms with E-state index in [2.05, 4.69) is 16.6 Å². The van der Waals surface area contributed by atoms with E-state index in [9.17, 15) is 43.2 Å². The predicted octanol–water partition coefficient (Wildman–Crippen LogP) is 1.20. The van der Waals surface area contributed by atoms with E-state index in [-0.39, 0.29) is 29.7 Å². The number of carbonyl (C=O) groups excluding carboxylic acids is 3. The van der Waals surface area contributed by atoms with Gasteiger partial charge in [-0.2, -0.15) is 0 Å². The second-order valence-corrected chi connectivity index (χ2v) is 11.8. The standard InChI is InChI=1S/C28H24N2O9S/c1-40(38,39)30-17-7-3-13(4-8-17)2-5-14-6-9-19(31)22-18(14)11-15-10-16-12-20(32)23(27(29)36)26(35)28(16,37)25(34)21(15)24(22)33/h3-4,6-9,15-16,30-31,33,35,37H,10-12H2,1H3,(H2,29,36). The average Bonchev–Trinajstić information content (AvgIpc) is 2.85. The summed E-state index contributed by atoms with van der Waals surface area (Å²) in [7, 11) is -3.44. The molecule has 3 aliphatic rings. The third-order valence-electron chi connectivity index (χ3n) is 7.48. The van der Waals surface area contributed by atoms with Crippen molar-refractivity contribution < 1.29 is 43.2 Å². The number of carbonyl (C=O) groups is 3. The molecule has 2 aromatic rings. The normalized spacial score (nSPS) is 23.9. The zero-order valence-electron chi connectivity index (χ0n) is 21.1. The van der Waals surface area contributed by atoms with E-state index in [0.29, 0.717) is 22.4 Å². The van der Waals surface area contributed by atoms with Gasteiger partial charge in [-0.3, -0.25) is 19.1 Å². The Balaban J connectivity index is 1.56. The van der Waals surface area contributed by atoms with E-state index in [1.54, 1.807) is 30.3 Å². The molecule has 1 fully saturated rings. The van der Waals surface area contributed by atoms with Crippen molar-refractivity contribution in [3.63, 3.8) is 0 Å². The third kappa shape index (κ3) is 4.29. The number of fused-ring (bicyclic) bond motifs is 3. The van der Waals surface area contributed by atoms with Crippen molar-refractivity contribution in [2.24, 2.45) is 17.6 Å². The molecule has 11 nitrogen and oxygen atoms in total. The minimum Gasteiger partial charge on any atom is -0.508 e. The van der Waals surface area contributed by atoms with Gasteiger partial charge >= 0.3 is 0 Å². The molecule has 0 saturated heterocycles. The van der Waals surface area contributed by atoms with Crippen molar-refractivity contribution in [3.05, 3.63) is 75.6 Å². The summed E-state index contributed by atoms with van der Waals surface area (Å²) >= 11 is 0. The van der Waals surface area contributed by atoms with Gasteiger partial charge in [-0.15, -0.1) is 0 Å². The number of anilines is 1. The van der Waals surface area contributed by atoms with Crippen LogP contribution in [0, 0.1) is 23.7 Å². The van der Waals surface area contributed by atoms with Gasteiger partial charge in [0.1, 0.15) is 22.8 Å². The number of phenols is 1. The van der Waals surface area contributed by atoms with Gasteiger partial charge in [-0.05, 0) is 60.7 Å². The Morgan fingerprint density at radius 3 is 2.35 bits per heavy atom. The number of aromatic hydroxyl groups is 1. The second kappa shape index (κ2) is 9.25. The molecule has 206 valence electrons. The van der Waals surface area contributed by atoms with Gasteiger partial charge in [0.15, 0.2) is 11.4 Å².